The van der Waals surface area contributed by atoms with Crippen LogP contribution in [0.3, 0.4) is 0 Å². The number of aromatic amines is 1. The van der Waals surface area contributed by atoms with Crippen LogP contribution in [0.2, 0.25) is 0 Å². The van der Waals surface area contributed by atoms with Gasteiger partial charge >= 0.3 is 0 Å². The van der Waals surface area contributed by atoms with Gasteiger partial charge in [0, 0.05) is 96.9 Å². The molecule has 1 aromatic heterocycles. The molecule has 2 atom stereocenters. The Labute approximate surface area is 251 Å². The van der Waals surface area contributed by atoms with Crippen molar-refractivity contribution < 1.29 is 9.53 Å². The molecule has 0 bridgehead atoms. The molecular formula is C33H49N7O2. The molecule has 1 aromatic rings. The Kier molecular flexibility index (Phi) is 14.0. The fourth-order valence-corrected chi connectivity index (χ4v) is 4.72. The van der Waals surface area contributed by atoms with Crippen molar-refractivity contribution in [3.8, 4) is 0 Å². The molecule has 1 aliphatic heterocycles. The van der Waals surface area contributed by atoms with Crippen molar-refractivity contribution >= 4 is 29.5 Å². The minimum absolute atomic E-state index is 0.125. The number of hydrogen-bond acceptors (Lipinski definition) is 7. The topological polar surface area (TPSA) is 132 Å². The third-order valence-corrected chi connectivity index (χ3v) is 7.43. The standard InChI is InChI=1S/C33H49N7O2/c1-9-23(5)32(31-16-27(20-38-31)28(17-34)19-36-8)29(18-35)25(7)39-30(22(3)4)15-26(10-2)33(41)37-11-12-40-13-14-42-21-24(40)6/h10,15-20,23-24,35,38-39H,3,7,9,11-14,21,34H2,1-2,4-6,8H3,(H,37,41)/b26-10?,28-17+,30-15+,32-29+,35-18?,36-19?. The molecule has 1 fully saturated rings. The summed E-state index contributed by atoms with van der Waals surface area (Å²) in [5.41, 5.74) is 12.4. The average molecular weight is 576 g/mol. The van der Waals surface area contributed by atoms with Crippen molar-refractivity contribution in [2.24, 2.45) is 16.6 Å². The quantitative estimate of drug-likeness (QED) is 0.116. The maximum Gasteiger partial charge on any atom is 0.251 e. The minimum Gasteiger partial charge on any atom is -0.404 e. The molecule has 0 aromatic carbocycles. The van der Waals surface area contributed by atoms with Crippen molar-refractivity contribution in [2.75, 3.05) is 39.9 Å². The lowest BCUT2D eigenvalue weighted by atomic mass is 9.89. The summed E-state index contributed by atoms with van der Waals surface area (Å²) in [4.78, 5) is 22.8. The van der Waals surface area contributed by atoms with Crippen LogP contribution in [-0.4, -0.2) is 74.2 Å². The van der Waals surface area contributed by atoms with Gasteiger partial charge in [0.2, 0.25) is 0 Å². The molecule has 9 nitrogen and oxygen atoms in total. The first-order valence-electron chi connectivity index (χ1n) is 14.5. The zero-order valence-corrected chi connectivity index (χ0v) is 26.1. The van der Waals surface area contributed by atoms with Gasteiger partial charge in [-0.2, -0.15) is 0 Å². The number of allylic oxidation sites excluding steroid dienone is 5. The number of carbonyl (C=O) groups is 1. The zero-order chi connectivity index (χ0) is 31.2. The summed E-state index contributed by atoms with van der Waals surface area (Å²) in [7, 11) is 1.70. The zero-order valence-electron chi connectivity index (χ0n) is 26.1. The lowest BCUT2D eigenvalue weighted by molar-refractivity contribution is -0.117. The van der Waals surface area contributed by atoms with E-state index in [9.17, 15) is 4.79 Å². The molecule has 228 valence electrons. The Bertz CT molecular complexity index is 1280. The Morgan fingerprint density at radius 1 is 1.40 bits per heavy atom. The Morgan fingerprint density at radius 3 is 2.71 bits per heavy atom. The largest absolute Gasteiger partial charge is 0.404 e. The van der Waals surface area contributed by atoms with E-state index < -0.39 is 0 Å². The highest BCUT2D eigenvalue weighted by molar-refractivity contribution is 6.10. The highest BCUT2D eigenvalue weighted by atomic mass is 16.5. The number of hydrogen-bond donors (Lipinski definition) is 5. The monoisotopic (exact) mass is 575 g/mol. The summed E-state index contributed by atoms with van der Waals surface area (Å²) in [6.07, 6.45) is 10.8. The van der Waals surface area contributed by atoms with Crippen molar-refractivity contribution in [3.63, 3.8) is 0 Å². The smallest absolute Gasteiger partial charge is 0.251 e. The maximum atomic E-state index is 13.1. The van der Waals surface area contributed by atoms with E-state index in [-0.39, 0.29) is 11.8 Å². The number of nitrogens with two attached hydrogens (primary N) is 1. The van der Waals surface area contributed by atoms with Gasteiger partial charge in [-0.1, -0.05) is 33.1 Å². The summed E-state index contributed by atoms with van der Waals surface area (Å²) >= 11 is 0. The number of ether oxygens (including phenoxy) is 1. The number of H-pyrrole nitrogens is 1. The SMILES string of the molecule is C=C(N/C(=C/C(=CC)C(=O)NCCN1CCOCC1C)C(=C)C)/C(C=N)=C(/c1cc(/C(C=NC)=C/N)c[nH]1)C(C)CC. The number of amides is 1. The van der Waals surface area contributed by atoms with Crippen LogP contribution in [0.4, 0.5) is 0 Å². The molecular weight excluding hydrogens is 526 g/mol. The molecule has 9 heteroatoms. The number of aliphatic imine (C=N–C) groups is 1. The van der Waals surface area contributed by atoms with Crippen molar-refractivity contribution in [3.05, 3.63) is 83.1 Å². The van der Waals surface area contributed by atoms with Crippen LogP contribution >= 0.6 is 0 Å². The lowest BCUT2D eigenvalue weighted by Gasteiger charge is -2.33. The van der Waals surface area contributed by atoms with Crippen molar-refractivity contribution in [1.29, 1.82) is 5.41 Å². The van der Waals surface area contributed by atoms with Gasteiger partial charge in [0.25, 0.3) is 5.91 Å². The molecule has 0 saturated carbocycles. The van der Waals surface area contributed by atoms with Gasteiger partial charge in [-0.15, -0.1) is 0 Å². The number of nitrogens with zero attached hydrogens (tertiary/aromatic N) is 2. The first kappa shape index (κ1) is 34.3. The summed E-state index contributed by atoms with van der Waals surface area (Å²) in [6.45, 7) is 22.1. The van der Waals surface area contributed by atoms with Crippen molar-refractivity contribution in [2.45, 2.75) is 47.1 Å². The Balaban J connectivity index is 2.32. The molecule has 2 rings (SSSR count). The lowest BCUT2D eigenvalue weighted by Crippen LogP contribution is -2.46. The van der Waals surface area contributed by atoms with E-state index in [2.05, 4.69) is 59.4 Å². The van der Waals surface area contributed by atoms with Gasteiger partial charge < -0.3 is 31.5 Å². The second-order valence-corrected chi connectivity index (χ2v) is 10.5. The van der Waals surface area contributed by atoms with E-state index in [1.807, 2.05) is 26.1 Å². The molecule has 1 amide bonds. The van der Waals surface area contributed by atoms with Crippen LogP contribution in [0.1, 0.15) is 52.3 Å². The van der Waals surface area contributed by atoms with Crippen LogP contribution in [0.15, 0.2) is 76.9 Å². The Morgan fingerprint density at radius 2 is 2.14 bits per heavy atom. The highest BCUT2D eigenvalue weighted by Crippen LogP contribution is 2.32. The normalized spacial score (nSPS) is 18.4. The highest BCUT2D eigenvalue weighted by Gasteiger charge is 2.21. The summed E-state index contributed by atoms with van der Waals surface area (Å²) in [5.74, 6) is -0.0360. The van der Waals surface area contributed by atoms with Crippen LogP contribution in [0, 0.1) is 11.3 Å². The first-order valence-corrected chi connectivity index (χ1v) is 14.5. The number of nitrogens with one attached hydrogen (secondary N) is 4. The second-order valence-electron chi connectivity index (χ2n) is 10.5. The molecule has 2 unspecified atom stereocenters. The Hall–Kier alpha value is -3.95. The van der Waals surface area contributed by atoms with E-state index in [0.29, 0.717) is 48.3 Å². The molecule has 6 N–H and O–H groups in total. The molecule has 1 saturated heterocycles. The van der Waals surface area contributed by atoms with Gasteiger partial charge in [-0.25, -0.2) is 0 Å². The van der Waals surface area contributed by atoms with E-state index in [1.54, 1.807) is 25.4 Å². The van der Waals surface area contributed by atoms with Gasteiger partial charge in [-0.3, -0.25) is 14.7 Å². The summed E-state index contributed by atoms with van der Waals surface area (Å²) < 4.78 is 5.50. The fourth-order valence-electron chi connectivity index (χ4n) is 4.72. The summed E-state index contributed by atoms with van der Waals surface area (Å²) in [6, 6.07) is 2.34. The van der Waals surface area contributed by atoms with Gasteiger partial charge in [-0.05, 0) is 56.4 Å². The van der Waals surface area contributed by atoms with Crippen LogP contribution in [-0.2, 0) is 9.53 Å². The van der Waals surface area contributed by atoms with Crippen LogP contribution < -0.4 is 16.4 Å². The fraction of sp³-hybridized carbons (Fsp3) is 0.424. The molecule has 42 heavy (non-hydrogen) atoms. The predicted molar refractivity (Wildman–Crippen MR) is 176 cm³/mol. The minimum atomic E-state index is -0.161. The number of aromatic nitrogens is 1. The van der Waals surface area contributed by atoms with E-state index in [1.165, 1.54) is 12.4 Å². The molecule has 0 aliphatic carbocycles. The third kappa shape index (κ3) is 9.29. The molecule has 0 spiro atoms. The van der Waals surface area contributed by atoms with Crippen molar-refractivity contribution in [1.82, 2.24) is 20.5 Å². The van der Waals surface area contributed by atoms with E-state index in [4.69, 9.17) is 15.9 Å². The molecule has 1 aliphatic rings. The summed E-state index contributed by atoms with van der Waals surface area (Å²) in [5, 5.41) is 14.7. The number of carbonyl (C=O) groups excluding carboxylic acids is 1. The molecule has 2 heterocycles. The van der Waals surface area contributed by atoms with E-state index >= 15 is 0 Å². The number of rotatable bonds is 15. The molecule has 0 radical (unpaired) electrons. The second kappa shape index (κ2) is 17.1. The average Bonchev–Trinajstić information content (AvgIpc) is 3.46. The van der Waals surface area contributed by atoms with Crippen LogP contribution in [0.5, 0.6) is 0 Å². The van der Waals surface area contributed by atoms with Crippen LogP contribution in [0.25, 0.3) is 11.1 Å². The maximum absolute atomic E-state index is 13.1. The van der Waals surface area contributed by atoms with Gasteiger partial charge in [0.1, 0.15) is 0 Å². The van der Waals surface area contributed by atoms with Gasteiger partial charge in [0.15, 0.2) is 0 Å². The third-order valence-electron chi connectivity index (χ3n) is 7.43. The first-order chi connectivity index (χ1) is 20.1. The number of morpholine rings is 1. The predicted octanol–water partition coefficient (Wildman–Crippen LogP) is 4.81. The van der Waals surface area contributed by atoms with E-state index in [0.717, 1.165) is 47.5 Å². The van der Waals surface area contributed by atoms with Gasteiger partial charge in [0.05, 0.1) is 13.2 Å².